The summed E-state index contributed by atoms with van der Waals surface area (Å²) in [7, 11) is 1.28. The minimum atomic E-state index is -0.680. The number of hydrogen-bond donors (Lipinski definition) is 0. The number of hydrogen-bond acceptors (Lipinski definition) is 6. The molecule has 1 aromatic heterocycles. The molecule has 1 aliphatic carbocycles. The van der Waals surface area contributed by atoms with Crippen molar-refractivity contribution in [3.63, 3.8) is 0 Å². The third-order valence-electron chi connectivity index (χ3n) is 5.22. The summed E-state index contributed by atoms with van der Waals surface area (Å²) < 4.78 is 12.0. The molecule has 4 rings (SSSR count). The second-order valence-electron chi connectivity index (χ2n) is 7.04. The fourth-order valence-electron chi connectivity index (χ4n) is 3.49. The zero-order valence-electron chi connectivity index (χ0n) is 16.3. The van der Waals surface area contributed by atoms with Crippen LogP contribution in [0.3, 0.4) is 0 Å². The number of fused-ring (bicyclic) bond motifs is 1. The van der Waals surface area contributed by atoms with Crippen molar-refractivity contribution in [3.8, 4) is 0 Å². The van der Waals surface area contributed by atoms with Crippen LogP contribution in [0, 0.1) is 12.8 Å². The van der Waals surface area contributed by atoms with Crippen LogP contribution < -0.4 is 4.90 Å². The topological polar surface area (TPSA) is 68.7 Å². The van der Waals surface area contributed by atoms with E-state index in [2.05, 4.69) is 4.98 Å². The van der Waals surface area contributed by atoms with Crippen LogP contribution >= 0.6 is 11.3 Å². The average Bonchev–Trinajstić information content (AvgIpc) is 3.11. The summed E-state index contributed by atoms with van der Waals surface area (Å²) in [4.78, 5) is 31.2. The van der Waals surface area contributed by atoms with E-state index in [-0.39, 0.29) is 17.9 Å². The first-order valence-corrected chi connectivity index (χ1v) is 10.3. The van der Waals surface area contributed by atoms with Gasteiger partial charge in [-0.25, -0.2) is 14.7 Å². The Morgan fingerprint density at radius 2 is 1.90 bits per heavy atom. The standard InChI is InChI=1S/C22H22N2O4S/c1-14-7-3-5-9-17(14)24(22(26)27-2)21(25)15-11-12-18(15)28-13-20-23-16-8-4-6-10-19(16)29-20/h3-10,15,18H,11-13H2,1-2H3. The number of ether oxygens (including phenoxy) is 2. The lowest BCUT2D eigenvalue weighted by Crippen LogP contribution is -2.49. The minimum Gasteiger partial charge on any atom is -0.452 e. The van der Waals surface area contributed by atoms with Gasteiger partial charge < -0.3 is 9.47 Å². The molecule has 2 atom stereocenters. The maximum Gasteiger partial charge on any atom is 0.420 e. The largest absolute Gasteiger partial charge is 0.452 e. The Balaban J connectivity index is 1.47. The van der Waals surface area contributed by atoms with E-state index < -0.39 is 6.09 Å². The zero-order valence-corrected chi connectivity index (χ0v) is 17.1. The number of amides is 2. The molecule has 0 bridgehead atoms. The van der Waals surface area contributed by atoms with Crippen LogP contribution in [0.4, 0.5) is 10.5 Å². The molecule has 29 heavy (non-hydrogen) atoms. The summed E-state index contributed by atoms with van der Waals surface area (Å²) >= 11 is 1.59. The maximum atomic E-state index is 13.2. The van der Waals surface area contributed by atoms with E-state index in [4.69, 9.17) is 9.47 Å². The molecule has 1 heterocycles. The highest BCUT2D eigenvalue weighted by atomic mass is 32.1. The van der Waals surface area contributed by atoms with E-state index in [0.717, 1.165) is 32.1 Å². The molecule has 0 spiro atoms. The van der Waals surface area contributed by atoms with Gasteiger partial charge in [-0.3, -0.25) is 4.79 Å². The Hall–Kier alpha value is -2.77. The number of imide groups is 1. The van der Waals surface area contributed by atoms with Crippen molar-refractivity contribution in [2.75, 3.05) is 12.0 Å². The van der Waals surface area contributed by atoms with Gasteiger partial charge in [0.2, 0.25) is 5.91 Å². The van der Waals surface area contributed by atoms with Crippen LogP contribution in [-0.2, 0) is 20.9 Å². The molecule has 0 radical (unpaired) electrons. The van der Waals surface area contributed by atoms with E-state index in [1.165, 1.54) is 7.11 Å². The number of rotatable bonds is 5. The van der Waals surface area contributed by atoms with Gasteiger partial charge in [0.1, 0.15) is 5.01 Å². The fourth-order valence-corrected chi connectivity index (χ4v) is 4.38. The van der Waals surface area contributed by atoms with Crippen molar-refractivity contribution in [1.29, 1.82) is 0 Å². The summed E-state index contributed by atoms with van der Waals surface area (Å²) in [5, 5.41) is 0.882. The first kappa shape index (κ1) is 19.5. The van der Waals surface area contributed by atoms with Crippen LogP contribution in [0.25, 0.3) is 10.2 Å². The van der Waals surface area contributed by atoms with Crippen LogP contribution in [-0.4, -0.2) is 30.2 Å². The van der Waals surface area contributed by atoms with Crippen molar-refractivity contribution in [2.24, 2.45) is 5.92 Å². The zero-order chi connectivity index (χ0) is 20.4. The van der Waals surface area contributed by atoms with Gasteiger partial charge in [0.05, 0.1) is 41.6 Å². The smallest absolute Gasteiger partial charge is 0.420 e. The Morgan fingerprint density at radius 3 is 2.59 bits per heavy atom. The molecular weight excluding hydrogens is 388 g/mol. The molecule has 1 saturated carbocycles. The van der Waals surface area contributed by atoms with Crippen LogP contribution in [0.2, 0.25) is 0 Å². The highest BCUT2D eigenvalue weighted by Gasteiger charge is 2.42. The molecule has 3 aromatic rings. The van der Waals surface area contributed by atoms with Crippen LogP contribution in [0.1, 0.15) is 23.4 Å². The lowest BCUT2D eigenvalue weighted by molar-refractivity contribution is -0.136. The van der Waals surface area contributed by atoms with Gasteiger partial charge >= 0.3 is 6.09 Å². The Bertz CT molecular complexity index is 1010. The Labute approximate surface area is 173 Å². The van der Waals surface area contributed by atoms with Gasteiger partial charge in [0.15, 0.2) is 0 Å². The molecule has 2 unspecified atom stereocenters. The van der Waals surface area contributed by atoms with E-state index in [9.17, 15) is 9.59 Å². The van der Waals surface area contributed by atoms with Crippen molar-refractivity contribution < 1.29 is 19.1 Å². The Morgan fingerprint density at radius 1 is 1.14 bits per heavy atom. The van der Waals surface area contributed by atoms with Crippen molar-refractivity contribution in [1.82, 2.24) is 4.98 Å². The Kier molecular flexibility index (Phi) is 5.60. The SMILES string of the molecule is COC(=O)N(C(=O)C1CCC1OCc1nc2ccccc2s1)c1ccccc1C. The van der Waals surface area contributed by atoms with E-state index >= 15 is 0 Å². The molecule has 0 saturated heterocycles. The molecule has 150 valence electrons. The lowest BCUT2D eigenvalue weighted by Gasteiger charge is -2.37. The first-order valence-electron chi connectivity index (χ1n) is 9.52. The lowest BCUT2D eigenvalue weighted by atomic mass is 9.80. The summed E-state index contributed by atoms with van der Waals surface area (Å²) in [6.07, 6.45) is 0.555. The van der Waals surface area contributed by atoms with Crippen LogP contribution in [0.5, 0.6) is 0 Å². The van der Waals surface area contributed by atoms with E-state index in [1.807, 2.05) is 43.3 Å². The minimum absolute atomic E-state index is 0.231. The number of carbonyl (C=O) groups excluding carboxylic acids is 2. The second-order valence-corrected chi connectivity index (χ2v) is 8.15. The molecule has 0 aliphatic heterocycles. The predicted octanol–water partition coefficient (Wildman–Crippen LogP) is 4.70. The molecule has 6 nitrogen and oxygen atoms in total. The monoisotopic (exact) mass is 410 g/mol. The fraction of sp³-hybridized carbons (Fsp3) is 0.318. The number of nitrogens with zero attached hydrogens (tertiary/aromatic N) is 2. The molecule has 7 heteroatoms. The van der Waals surface area contributed by atoms with Crippen molar-refractivity contribution in [3.05, 3.63) is 59.1 Å². The van der Waals surface area contributed by atoms with Gasteiger partial charge in [-0.15, -0.1) is 11.3 Å². The molecule has 1 aliphatic rings. The van der Waals surface area contributed by atoms with Gasteiger partial charge in [-0.1, -0.05) is 30.3 Å². The number of thiazole rings is 1. The second kappa shape index (κ2) is 8.31. The quantitative estimate of drug-likeness (QED) is 0.610. The third kappa shape index (κ3) is 3.88. The molecule has 1 fully saturated rings. The van der Waals surface area contributed by atoms with Gasteiger partial charge in [0.25, 0.3) is 0 Å². The summed E-state index contributed by atoms with van der Waals surface area (Å²) in [6, 6.07) is 15.2. The van der Waals surface area contributed by atoms with E-state index in [0.29, 0.717) is 18.7 Å². The van der Waals surface area contributed by atoms with E-state index in [1.54, 1.807) is 23.5 Å². The van der Waals surface area contributed by atoms with Gasteiger partial charge in [-0.2, -0.15) is 0 Å². The van der Waals surface area contributed by atoms with Crippen molar-refractivity contribution in [2.45, 2.75) is 32.5 Å². The molecule has 2 aromatic carbocycles. The summed E-state index contributed by atoms with van der Waals surface area (Å²) in [5.41, 5.74) is 2.33. The number of methoxy groups -OCH3 is 1. The summed E-state index contributed by atoms with van der Waals surface area (Å²) in [6.45, 7) is 2.22. The average molecular weight is 410 g/mol. The number of para-hydroxylation sites is 2. The van der Waals surface area contributed by atoms with Crippen molar-refractivity contribution >= 4 is 39.2 Å². The number of aromatic nitrogens is 1. The molecule has 0 N–H and O–H groups in total. The maximum absolute atomic E-state index is 13.2. The normalized spacial score (nSPS) is 18.3. The number of benzene rings is 2. The first-order chi connectivity index (χ1) is 14.1. The predicted molar refractivity (Wildman–Crippen MR) is 112 cm³/mol. The number of carbonyl (C=O) groups is 2. The molecular formula is C22H22N2O4S. The molecule has 2 amide bonds. The number of anilines is 1. The van der Waals surface area contributed by atoms with Gasteiger partial charge in [-0.05, 0) is 43.5 Å². The highest BCUT2D eigenvalue weighted by Crippen LogP contribution is 2.35. The third-order valence-corrected chi connectivity index (χ3v) is 6.23. The number of aryl methyl sites for hydroxylation is 1. The van der Waals surface area contributed by atoms with Gasteiger partial charge in [0, 0.05) is 0 Å². The highest BCUT2D eigenvalue weighted by molar-refractivity contribution is 7.18. The van der Waals surface area contributed by atoms with Crippen LogP contribution in [0.15, 0.2) is 48.5 Å². The summed E-state index contributed by atoms with van der Waals surface area (Å²) in [5.74, 6) is -0.658.